The smallest absolute Gasteiger partial charge is 0.244 e. The predicted molar refractivity (Wildman–Crippen MR) is 112 cm³/mol. The van der Waals surface area contributed by atoms with Crippen molar-refractivity contribution >= 4 is 37.4 Å². The molecule has 0 heterocycles. The van der Waals surface area contributed by atoms with Gasteiger partial charge < -0.3 is 5.32 Å². The van der Waals surface area contributed by atoms with Gasteiger partial charge in [-0.3, -0.25) is 9.59 Å². The van der Waals surface area contributed by atoms with E-state index in [1.165, 1.54) is 70.5 Å². The highest BCUT2D eigenvalue weighted by atomic mass is 32.2. The van der Waals surface area contributed by atoms with E-state index in [1.54, 1.807) is 6.07 Å². The Morgan fingerprint density at radius 1 is 0.867 bits per heavy atom. The zero-order valence-corrected chi connectivity index (χ0v) is 18.6. The summed E-state index contributed by atoms with van der Waals surface area (Å²) in [6.45, 7) is 0.835. The number of benzene rings is 2. The molecule has 9 nitrogen and oxygen atoms in total. The molecule has 0 unspecified atom stereocenters. The maximum absolute atomic E-state index is 12.7. The summed E-state index contributed by atoms with van der Waals surface area (Å²) in [6.07, 6.45) is 0. The van der Waals surface area contributed by atoms with Gasteiger partial charge in [-0.1, -0.05) is 24.3 Å². The standard InChI is InChI=1S/C19H23N3O6S2/c1-14(23)15-9-11-16(12-10-15)29(25,26)22(4)13-19(24)20-17-7-5-6-8-18(17)30(27,28)21(2)3/h5-12H,13H2,1-4H3,(H,20,24). The lowest BCUT2D eigenvalue weighted by molar-refractivity contribution is -0.116. The summed E-state index contributed by atoms with van der Waals surface area (Å²) >= 11 is 0. The van der Waals surface area contributed by atoms with Crippen LogP contribution in [0.5, 0.6) is 0 Å². The number of carbonyl (C=O) groups excluding carboxylic acids is 2. The molecular formula is C19H23N3O6S2. The minimum atomic E-state index is -3.99. The number of amides is 1. The number of anilines is 1. The van der Waals surface area contributed by atoms with Crippen LogP contribution >= 0.6 is 0 Å². The van der Waals surface area contributed by atoms with E-state index >= 15 is 0 Å². The van der Waals surface area contributed by atoms with Crippen LogP contribution in [0.15, 0.2) is 58.3 Å². The van der Waals surface area contributed by atoms with Gasteiger partial charge in [0.15, 0.2) is 5.78 Å². The summed E-state index contributed by atoms with van der Waals surface area (Å²) in [5, 5.41) is 2.45. The molecule has 2 rings (SSSR count). The Balaban J connectivity index is 2.20. The topological polar surface area (TPSA) is 121 Å². The molecule has 11 heteroatoms. The van der Waals surface area contributed by atoms with Crippen molar-refractivity contribution in [2.24, 2.45) is 0 Å². The molecule has 0 spiro atoms. The number of Topliss-reactive ketones (excluding diaryl/α,β-unsaturated/α-hetero) is 1. The van der Waals surface area contributed by atoms with Crippen molar-refractivity contribution in [3.8, 4) is 0 Å². The lowest BCUT2D eigenvalue weighted by atomic mass is 10.2. The molecule has 0 saturated heterocycles. The maximum Gasteiger partial charge on any atom is 0.244 e. The Labute approximate surface area is 176 Å². The second-order valence-electron chi connectivity index (χ2n) is 6.67. The third-order valence-corrected chi connectivity index (χ3v) is 7.95. The van der Waals surface area contributed by atoms with Gasteiger partial charge in [-0.15, -0.1) is 0 Å². The van der Waals surface area contributed by atoms with Crippen LogP contribution in [-0.2, 0) is 24.8 Å². The van der Waals surface area contributed by atoms with E-state index in [4.69, 9.17) is 0 Å². The third kappa shape index (κ3) is 5.11. The molecule has 0 radical (unpaired) electrons. The zero-order valence-electron chi connectivity index (χ0n) is 17.0. The highest BCUT2D eigenvalue weighted by Gasteiger charge is 2.25. The number of hydrogen-bond acceptors (Lipinski definition) is 6. The average Bonchev–Trinajstić information content (AvgIpc) is 2.68. The summed E-state index contributed by atoms with van der Waals surface area (Å²) in [7, 11) is -3.83. The van der Waals surface area contributed by atoms with E-state index in [1.807, 2.05) is 0 Å². The summed E-state index contributed by atoms with van der Waals surface area (Å²) in [6, 6.07) is 11.2. The van der Waals surface area contributed by atoms with Gasteiger partial charge >= 0.3 is 0 Å². The van der Waals surface area contributed by atoms with Gasteiger partial charge in [0, 0.05) is 26.7 Å². The molecule has 0 aliphatic carbocycles. The van der Waals surface area contributed by atoms with Crippen LogP contribution in [0.2, 0.25) is 0 Å². The van der Waals surface area contributed by atoms with E-state index < -0.39 is 32.5 Å². The van der Waals surface area contributed by atoms with Crippen LogP contribution in [0.4, 0.5) is 5.69 Å². The molecule has 1 N–H and O–H groups in total. The molecule has 0 bridgehead atoms. The first-order valence-electron chi connectivity index (χ1n) is 8.76. The number of likely N-dealkylation sites (N-methyl/N-ethyl adjacent to an activating group) is 1. The number of hydrogen-bond donors (Lipinski definition) is 1. The Morgan fingerprint density at radius 2 is 1.43 bits per heavy atom. The lowest BCUT2D eigenvalue weighted by Gasteiger charge is -2.19. The number of ketones is 1. The average molecular weight is 454 g/mol. The van der Waals surface area contributed by atoms with Crippen molar-refractivity contribution in [1.29, 1.82) is 0 Å². The molecule has 0 saturated carbocycles. The molecule has 30 heavy (non-hydrogen) atoms. The molecule has 0 aromatic heterocycles. The molecule has 2 aromatic carbocycles. The van der Waals surface area contributed by atoms with Crippen LogP contribution < -0.4 is 5.32 Å². The molecule has 0 atom stereocenters. The van der Waals surface area contributed by atoms with Gasteiger partial charge in [0.25, 0.3) is 0 Å². The van der Waals surface area contributed by atoms with Crippen molar-refractivity contribution in [2.45, 2.75) is 16.7 Å². The Morgan fingerprint density at radius 3 is 1.97 bits per heavy atom. The number of nitrogens with zero attached hydrogens (tertiary/aromatic N) is 2. The number of rotatable bonds is 8. The number of carbonyl (C=O) groups is 2. The number of nitrogens with one attached hydrogen (secondary N) is 1. The minimum absolute atomic E-state index is 0.0489. The van der Waals surface area contributed by atoms with Crippen molar-refractivity contribution in [3.63, 3.8) is 0 Å². The van der Waals surface area contributed by atoms with Crippen LogP contribution in [0.1, 0.15) is 17.3 Å². The van der Waals surface area contributed by atoms with Gasteiger partial charge in [-0.25, -0.2) is 21.1 Å². The maximum atomic E-state index is 12.7. The predicted octanol–water partition coefficient (Wildman–Crippen LogP) is 1.40. The second kappa shape index (κ2) is 9.04. The van der Waals surface area contributed by atoms with Crippen molar-refractivity contribution in [1.82, 2.24) is 8.61 Å². The van der Waals surface area contributed by atoms with E-state index in [0.29, 0.717) is 5.56 Å². The van der Waals surface area contributed by atoms with Crippen molar-refractivity contribution in [2.75, 3.05) is 33.0 Å². The second-order valence-corrected chi connectivity index (χ2v) is 10.8. The van der Waals surface area contributed by atoms with Crippen LogP contribution in [0.3, 0.4) is 0 Å². The van der Waals surface area contributed by atoms with Gasteiger partial charge in [0.05, 0.1) is 17.1 Å². The van der Waals surface area contributed by atoms with Gasteiger partial charge in [-0.05, 0) is 31.2 Å². The monoisotopic (exact) mass is 453 g/mol. The van der Waals surface area contributed by atoms with E-state index in [9.17, 15) is 26.4 Å². The first-order valence-corrected chi connectivity index (χ1v) is 11.6. The van der Waals surface area contributed by atoms with E-state index in [0.717, 1.165) is 8.61 Å². The highest BCUT2D eigenvalue weighted by Crippen LogP contribution is 2.23. The van der Waals surface area contributed by atoms with Gasteiger partial charge in [0.2, 0.25) is 26.0 Å². The molecule has 0 aliphatic heterocycles. The lowest BCUT2D eigenvalue weighted by Crippen LogP contribution is -2.35. The van der Waals surface area contributed by atoms with Crippen LogP contribution in [0, 0.1) is 0 Å². The van der Waals surface area contributed by atoms with Gasteiger partial charge in [-0.2, -0.15) is 4.31 Å². The minimum Gasteiger partial charge on any atom is -0.324 e. The first kappa shape index (κ1) is 23.7. The number of para-hydroxylation sites is 1. The fraction of sp³-hybridized carbons (Fsp3) is 0.263. The summed E-state index contributed by atoms with van der Waals surface area (Å²) in [4.78, 5) is 23.6. The zero-order chi connectivity index (χ0) is 22.7. The molecule has 2 aromatic rings. The van der Waals surface area contributed by atoms with E-state index in [2.05, 4.69) is 5.32 Å². The first-order chi connectivity index (χ1) is 13.9. The van der Waals surface area contributed by atoms with Gasteiger partial charge in [0.1, 0.15) is 4.90 Å². The third-order valence-electron chi connectivity index (χ3n) is 4.26. The van der Waals surface area contributed by atoms with Crippen LogP contribution in [-0.4, -0.2) is 64.8 Å². The fourth-order valence-electron chi connectivity index (χ4n) is 2.51. The van der Waals surface area contributed by atoms with Crippen molar-refractivity contribution in [3.05, 3.63) is 54.1 Å². The quantitative estimate of drug-likeness (QED) is 0.603. The largest absolute Gasteiger partial charge is 0.324 e. The fourth-order valence-corrected chi connectivity index (χ4v) is 4.68. The Kier molecular flexibility index (Phi) is 7.14. The number of sulfonamides is 2. The highest BCUT2D eigenvalue weighted by molar-refractivity contribution is 7.89. The summed E-state index contributed by atoms with van der Waals surface area (Å²) in [5.74, 6) is -0.902. The summed E-state index contributed by atoms with van der Waals surface area (Å²) in [5.41, 5.74) is 0.417. The molecule has 0 fully saturated rings. The normalized spacial score (nSPS) is 12.2. The van der Waals surface area contributed by atoms with Crippen molar-refractivity contribution < 1.29 is 26.4 Å². The Hall–Kier alpha value is -2.60. The van der Waals surface area contributed by atoms with E-state index in [-0.39, 0.29) is 21.3 Å². The van der Waals surface area contributed by atoms with Crippen LogP contribution in [0.25, 0.3) is 0 Å². The molecule has 1 amide bonds. The molecule has 0 aliphatic rings. The SMILES string of the molecule is CC(=O)c1ccc(S(=O)(=O)N(C)CC(=O)Nc2ccccc2S(=O)(=O)N(C)C)cc1. The molecular weight excluding hydrogens is 430 g/mol. The Bertz CT molecular complexity index is 1160. The summed E-state index contributed by atoms with van der Waals surface area (Å²) < 4.78 is 52.0. The molecule has 162 valence electrons.